The second-order valence-electron chi connectivity index (χ2n) is 4.96. The number of hydrogen-bond acceptors (Lipinski definition) is 3. The predicted octanol–water partition coefficient (Wildman–Crippen LogP) is 2.07. The first-order valence-corrected chi connectivity index (χ1v) is 6.62. The van der Waals surface area contributed by atoms with E-state index in [0.29, 0.717) is 13.0 Å². The van der Waals surface area contributed by atoms with Gasteiger partial charge in [-0.3, -0.25) is 4.79 Å². The van der Waals surface area contributed by atoms with E-state index in [0.717, 1.165) is 18.6 Å². The van der Waals surface area contributed by atoms with E-state index in [4.69, 9.17) is 10.5 Å². The van der Waals surface area contributed by atoms with Crippen LogP contribution in [-0.2, 0) is 9.53 Å². The Morgan fingerprint density at radius 1 is 1.48 bits per heavy atom. The molecule has 21 heavy (non-hydrogen) atoms. The van der Waals surface area contributed by atoms with Crippen molar-refractivity contribution in [2.75, 3.05) is 6.54 Å². The lowest BCUT2D eigenvalue weighted by Gasteiger charge is -2.18. The quantitative estimate of drug-likeness (QED) is 0.892. The highest BCUT2D eigenvalue weighted by Crippen LogP contribution is 2.21. The summed E-state index contributed by atoms with van der Waals surface area (Å²) >= 11 is 0. The minimum absolute atomic E-state index is 0. The van der Waals surface area contributed by atoms with Crippen molar-refractivity contribution in [3.8, 4) is 0 Å². The summed E-state index contributed by atoms with van der Waals surface area (Å²) in [5.74, 6) is -1.61. The zero-order valence-corrected chi connectivity index (χ0v) is 12.5. The smallest absolute Gasteiger partial charge is 0.249 e. The Labute approximate surface area is 128 Å². The van der Waals surface area contributed by atoms with Crippen molar-refractivity contribution in [2.24, 2.45) is 5.73 Å². The maximum atomic E-state index is 13.6. The topological polar surface area (TPSA) is 64.4 Å². The third-order valence-electron chi connectivity index (χ3n) is 3.45. The van der Waals surface area contributed by atoms with Crippen LogP contribution in [0, 0.1) is 11.6 Å². The molecule has 7 heteroatoms. The highest BCUT2D eigenvalue weighted by atomic mass is 35.5. The number of benzene rings is 1. The molecule has 1 aromatic carbocycles. The van der Waals surface area contributed by atoms with Crippen LogP contribution >= 0.6 is 12.4 Å². The van der Waals surface area contributed by atoms with Gasteiger partial charge in [0.15, 0.2) is 0 Å². The van der Waals surface area contributed by atoms with Crippen LogP contribution < -0.4 is 11.1 Å². The Balaban J connectivity index is 0.00000220. The van der Waals surface area contributed by atoms with E-state index in [2.05, 4.69) is 5.32 Å². The molecule has 118 valence electrons. The fraction of sp³-hybridized carbons (Fsp3) is 0.500. The van der Waals surface area contributed by atoms with Crippen molar-refractivity contribution in [3.63, 3.8) is 0 Å². The monoisotopic (exact) mass is 320 g/mol. The second-order valence-corrected chi connectivity index (χ2v) is 4.96. The summed E-state index contributed by atoms with van der Waals surface area (Å²) in [5, 5.41) is 2.68. The molecule has 0 unspecified atom stereocenters. The number of carbonyl (C=O) groups is 1. The molecule has 1 aromatic rings. The number of amides is 1. The van der Waals surface area contributed by atoms with Gasteiger partial charge >= 0.3 is 0 Å². The number of nitrogens with two attached hydrogens (primary N) is 1. The minimum Gasteiger partial charge on any atom is -0.364 e. The largest absolute Gasteiger partial charge is 0.364 e. The van der Waals surface area contributed by atoms with E-state index in [1.807, 2.05) is 0 Å². The van der Waals surface area contributed by atoms with E-state index >= 15 is 0 Å². The number of halogens is 3. The molecular weight excluding hydrogens is 302 g/mol. The van der Waals surface area contributed by atoms with Gasteiger partial charge in [0, 0.05) is 18.2 Å². The summed E-state index contributed by atoms with van der Waals surface area (Å²) in [6.07, 6.45) is 0.707. The molecule has 0 spiro atoms. The molecule has 0 radical (unpaired) electrons. The minimum atomic E-state index is -0.676. The van der Waals surface area contributed by atoms with Gasteiger partial charge in [-0.2, -0.15) is 0 Å². The van der Waals surface area contributed by atoms with Crippen molar-refractivity contribution in [1.82, 2.24) is 5.32 Å². The van der Waals surface area contributed by atoms with Gasteiger partial charge in [-0.25, -0.2) is 8.78 Å². The molecule has 1 amide bonds. The van der Waals surface area contributed by atoms with Crippen LogP contribution in [0.4, 0.5) is 8.78 Å². The third-order valence-corrected chi connectivity index (χ3v) is 3.45. The SMILES string of the molecule is C[C@@H](NC(=O)[C@@H]1CC[C@H](CN)O1)c1ccc(F)cc1F.Cl. The summed E-state index contributed by atoms with van der Waals surface area (Å²) in [5.41, 5.74) is 5.72. The number of ether oxygens (including phenoxy) is 1. The molecule has 0 aliphatic carbocycles. The standard InChI is InChI=1S/C14H18F2N2O2.ClH/c1-8(11-4-2-9(15)6-12(11)16)18-14(19)13-5-3-10(7-17)20-13;/h2,4,6,8,10,13H,3,5,7,17H2,1H3,(H,18,19);1H/t8-,10-,13+;/m1./s1. The molecule has 1 saturated heterocycles. The Morgan fingerprint density at radius 3 is 2.76 bits per heavy atom. The molecule has 1 fully saturated rings. The summed E-state index contributed by atoms with van der Waals surface area (Å²) in [7, 11) is 0. The van der Waals surface area contributed by atoms with E-state index in [-0.39, 0.29) is 30.0 Å². The lowest BCUT2D eigenvalue weighted by Crippen LogP contribution is -2.37. The summed E-state index contributed by atoms with van der Waals surface area (Å²) in [4.78, 5) is 12.0. The van der Waals surface area contributed by atoms with Gasteiger partial charge < -0.3 is 15.8 Å². The highest BCUT2D eigenvalue weighted by molar-refractivity contribution is 5.85. The average molecular weight is 321 g/mol. The third kappa shape index (κ3) is 4.36. The van der Waals surface area contributed by atoms with Gasteiger partial charge in [0.1, 0.15) is 17.7 Å². The van der Waals surface area contributed by atoms with Crippen molar-refractivity contribution in [1.29, 1.82) is 0 Å². The first-order chi connectivity index (χ1) is 9.51. The molecule has 1 heterocycles. The predicted molar refractivity (Wildman–Crippen MR) is 77.1 cm³/mol. The average Bonchev–Trinajstić information content (AvgIpc) is 2.87. The highest BCUT2D eigenvalue weighted by Gasteiger charge is 2.30. The molecular formula is C14H19ClF2N2O2. The maximum absolute atomic E-state index is 13.6. The molecule has 0 saturated carbocycles. The van der Waals surface area contributed by atoms with Gasteiger partial charge in [-0.1, -0.05) is 6.07 Å². The van der Waals surface area contributed by atoms with Crippen molar-refractivity contribution < 1.29 is 18.3 Å². The number of nitrogens with one attached hydrogen (secondary N) is 1. The van der Waals surface area contributed by atoms with Crippen LogP contribution in [0.2, 0.25) is 0 Å². The van der Waals surface area contributed by atoms with Gasteiger partial charge in [-0.15, -0.1) is 12.4 Å². The van der Waals surface area contributed by atoms with Crippen molar-refractivity contribution >= 4 is 18.3 Å². The Morgan fingerprint density at radius 2 is 2.19 bits per heavy atom. The zero-order chi connectivity index (χ0) is 14.7. The van der Waals surface area contributed by atoms with E-state index in [1.165, 1.54) is 6.07 Å². The Hall–Kier alpha value is -1.24. The molecule has 1 aliphatic rings. The van der Waals surface area contributed by atoms with Crippen molar-refractivity contribution in [2.45, 2.75) is 38.0 Å². The Kier molecular flexibility index (Phi) is 6.51. The van der Waals surface area contributed by atoms with Crippen LogP contribution in [0.25, 0.3) is 0 Å². The van der Waals surface area contributed by atoms with Gasteiger partial charge in [0.2, 0.25) is 5.91 Å². The number of carbonyl (C=O) groups excluding carboxylic acids is 1. The maximum Gasteiger partial charge on any atom is 0.249 e. The van der Waals surface area contributed by atoms with Crippen LogP contribution in [0.1, 0.15) is 31.4 Å². The molecule has 0 bridgehead atoms. The van der Waals surface area contributed by atoms with Crippen molar-refractivity contribution in [3.05, 3.63) is 35.4 Å². The number of hydrogen-bond donors (Lipinski definition) is 2. The summed E-state index contributed by atoms with van der Waals surface area (Å²) in [6.45, 7) is 2.02. The first kappa shape index (κ1) is 17.8. The van der Waals surface area contributed by atoms with Gasteiger partial charge in [0.25, 0.3) is 0 Å². The van der Waals surface area contributed by atoms with Gasteiger partial charge in [0.05, 0.1) is 12.1 Å². The molecule has 1 aliphatic heterocycles. The van der Waals surface area contributed by atoms with Crippen LogP contribution in [0.3, 0.4) is 0 Å². The van der Waals surface area contributed by atoms with Crippen LogP contribution in [-0.4, -0.2) is 24.7 Å². The van der Waals surface area contributed by atoms with Crippen LogP contribution in [0.5, 0.6) is 0 Å². The molecule has 0 aromatic heterocycles. The Bertz CT molecular complexity index is 502. The van der Waals surface area contributed by atoms with E-state index in [9.17, 15) is 13.6 Å². The molecule has 3 N–H and O–H groups in total. The first-order valence-electron chi connectivity index (χ1n) is 6.62. The summed E-state index contributed by atoms with van der Waals surface area (Å²) in [6, 6.07) is 2.74. The van der Waals surface area contributed by atoms with E-state index in [1.54, 1.807) is 6.92 Å². The summed E-state index contributed by atoms with van der Waals surface area (Å²) < 4.78 is 31.9. The fourth-order valence-electron chi connectivity index (χ4n) is 2.31. The lowest BCUT2D eigenvalue weighted by atomic mass is 10.1. The fourth-order valence-corrected chi connectivity index (χ4v) is 2.31. The van der Waals surface area contributed by atoms with E-state index < -0.39 is 23.8 Å². The second kappa shape index (κ2) is 7.68. The molecule has 4 nitrogen and oxygen atoms in total. The van der Waals surface area contributed by atoms with Gasteiger partial charge in [-0.05, 0) is 25.8 Å². The number of rotatable bonds is 4. The zero-order valence-electron chi connectivity index (χ0n) is 11.6. The molecule has 2 rings (SSSR count). The van der Waals surface area contributed by atoms with Crippen LogP contribution in [0.15, 0.2) is 18.2 Å². The lowest BCUT2D eigenvalue weighted by molar-refractivity contribution is -0.132. The normalized spacial score (nSPS) is 22.5. The molecule has 3 atom stereocenters.